The van der Waals surface area contributed by atoms with Gasteiger partial charge in [0.2, 0.25) is 0 Å². The highest BCUT2D eigenvalue weighted by molar-refractivity contribution is 5.94. The van der Waals surface area contributed by atoms with Crippen molar-refractivity contribution in [1.29, 1.82) is 0 Å². The number of anilines is 1. The van der Waals surface area contributed by atoms with E-state index in [0.717, 1.165) is 29.3 Å². The molecule has 0 fully saturated rings. The van der Waals surface area contributed by atoms with Gasteiger partial charge < -0.3 is 15.5 Å². The Balaban J connectivity index is 2.30. The SMILES string of the molecule is CCC(CC)C(O)Nc1cccc2cc(O)ccc12. The summed E-state index contributed by atoms with van der Waals surface area (Å²) in [5.41, 5.74) is 0.900. The predicted molar refractivity (Wildman–Crippen MR) is 79.3 cm³/mol. The maximum atomic E-state index is 10.2. The third-order valence-corrected chi connectivity index (χ3v) is 3.66. The van der Waals surface area contributed by atoms with E-state index >= 15 is 0 Å². The van der Waals surface area contributed by atoms with E-state index in [2.05, 4.69) is 19.2 Å². The summed E-state index contributed by atoms with van der Waals surface area (Å²) in [5, 5.41) is 24.9. The summed E-state index contributed by atoms with van der Waals surface area (Å²) in [6, 6.07) is 11.1. The maximum Gasteiger partial charge on any atom is 0.127 e. The molecule has 0 aliphatic rings. The van der Waals surface area contributed by atoms with Crippen LogP contribution in [0.5, 0.6) is 5.75 Å². The molecule has 0 aliphatic carbocycles. The fourth-order valence-electron chi connectivity index (χ4n) is 2.41. The van der Waals surface area contributed by atoms with Gasteiger partial charge in [-0.25, -0.2) is 0 Å². The zero-order chi connectivity index (χ0) is 13.8. The minimum absolute atomic E-state index is 0.243. The molecule has 0 aromatic heterocycles. The molecule has 102 valence electrons. The minimum Gasteiger partial charge on any atom is -0.508 e. The quantitative estimate of drug-likeness (QED) is 0.717. The average molecular weight is 259 g/mol. The Kier molecular flexibility index (Phi) is 4.27. The lowest BCUT2D eigenvalue weighted by Gasteiger charge is -2.23. The predicted octanol–water partition coefficient (Wildman–Crippen LogP) is 3.71. The molecule has 0 heterocycles. The Morgan fingerprint density at radius 1 is 1.11 bits per heavy atom. The van der Waals surface area contributed by atoms with E-state index in [0.29, 0.717) is 0 Å². The normalized spacial score (nSPS) is 12.8. The molecule has 19 heavy (non-hydrogen) atoms. The molecule has 1 unspecified atom stereocenters. The standard InChI is InChI=1S/C16H21NO2/c1-3-11(4-2)16(19)17-15-7-5-6-12-10-13(18)8-9-14(12)15/h5-11,16-19H,3-4H2,1-2H3. The van der Waals surface area contributed by atoms with Crippen molar-refractivity contribution < 1.29 is 10.2 Å². The molecule has 0 bridgehead atoms. The zero-order valence-electron chi connectivity index (χ0n) is 11.4. The van der Waals surface area contributed by atoms with E-state index in [-0.39, 0.29) is 11.7 Å². The number of aromatic hydroxyl groups is 1. The van der Waals surface area contributed by atoms with Gasteiger partial charge in [0.1, 0.15) is 12.0 Å². The van der Waals surface area contributed by atoms with E-state index < -0.39 is 6.23 Å². The number of nitrogens with one attached hydrogen (secondary N) is 1. The highest BCUT2D eigenvalue weighted by Gasteiger charge is 2.15. The molecular weight excluding hydrogens is 238 g/mol. The van der Waals surface area contributed by atoms with Gasteiger partial charge in [-0.05, 0) is 42.5 Å². The van der Waals surface area contributed by atoms with Crippen LogP contribution in [-0.2, 0) is 0 Å². The Morgan fingerprint density at radius 2 is 1.84 bits per heavy atom. The average Bonchev–Trinajstić information content (AvgIpc) is 2.40. The number of fused-ring (bicyclic) bond motifs is 1. The monoisotopic (exact) mass is 259 g/mol. The number of hydrogen-bond donors (Lipinski definition) is 3. The fourth-order valence-corrected chi connectivity index (χ4v) is 2.41. The molecule has 3 nitrogen and oxygen atoms in total. The smallest absolute Gasteiger partial charge is 0.127 e. The van der Waals surface area contributed by atoms with E-state index in [9.17, 15) is 10.2 Å². The van der Waals surface area contributed by atoms with Crippen molar-refractivity contribution in [3.05, 3.63) is 36.4 Å². The third kappa shape index (κ3) is 2.99. The first-order valence-corrected chi connectivity index (χ1v) is 6.82. The molecule has 1 atom stereocenters. The molecule has 2 rings (SSSR count). The van der Waals surface area contributed by atoms with Crippen molar-refractivity contribution in [1.82, 2.24) is 0 Å². The third-order valence-electron chi connectivity index (χ3n) is 3.66. The Hall–Kier alpha value is -1.74. The second-order valence-corrected chi connectivity index (χ2v) is 4.88. The summed E-state index contributed by atoms with van der Waals surface area (Å²) in [5.74, 6) is 0.498. The molecule has 0 amide bonds. The van der Waals surface area contributed by atoms with Crippen LogP contribution >= 0.6 is 0 Å². The van der Waals surface area contributed by atoms with Crippen molar-refractivity contribution in [3.63, 3.8) is 0 Å². The number of aliphatic hydroxyl groups excluding tert-OH is 1. The molecule has 3 N–H and O–H groups in total. The topological polar surface area (TPSA) is 52.5 Å². The van der Waals surface area contributed by atoms with E-state index in [1.807, 2.05) is 24.3 Å². The van der Waals surface area contributed by atoms with Gasteiger partial charge in [0.15, 0.2) is 0 Å². The number of benzene rings is 2. The summed E-state index contributed by atoms with van der Waals surface area (Å²) in [6.07, 6.45) is 1.33. The van der Waals surface area contributed by atoms with Crippen LogP contribution in [0.3, 0.4) is 0 Å². The summed E-state index contributed by atoms with van der Waals surface area (Å²) >= 11 is 0. The van der Waals surface area contributed by atoms with Crippen molar-refractivity contribution >= 4 is 16.5 Å². The lowest BCUT2D eigenvalue weighted by molar-refractivity contribution is 0.129. The highest BCUT2D eigenvalue weighted by atomic mass is 16.3. The highest BCUT2D eigenvalue weighted by Crippen LogP contribution is 2.28. The fraction of sp³-hybridized carbons (Fsp3) is 0.375. The molecule has 2 aromatic carbocycles. The first-order chi connectivity index (χ1) is 9.15. The second kappa shape index (κ2) is 5.93. The molecule has 3 heteroatoms. The van der Waals surface area contributed by atoms with Gasteiger partial charge in [-0.1, -0.05) is 26.0 Å². The van der Waals surface area contributed by atoms with Crippen molar-refractivity contribution in [3.8, 4) is 5.75 Å². The van der Waals surface area contributed by atoms with Crippen LogP contribution in [0.4, 0.5) is 5.69 Å². The molecule has 2 aromatic rings. The van der Waals surface area contributed by atoms with Gasteiger partial charge in [0.05, 0.1) is 0 Å². The number of hydrogen-bond acceptors (Lipinski definition) is 3. The lowest BCUT2D eigenvalue weighted by atomic mass is 10.0. The van der Waals surface area contributed by atoms with Gasteiger partial charge in [-0.3, -0.25) is 0 Å². The van der Waals surface area contributed by atoms with E-state index in [4.69, 9.17) is 0 Å². The Labute approximate surface area is 113 Å². The minimum atomic E-state index is -0.547. The van der Waals surface area contributed by atoms with Gasteiger partial charge >= 0.3 is 0 Å². The van der Waals surface area contributed by atoms with Crippen molar-refractivity contribution in [2.24, 2.45) is 5.92 Å². The first-order valence-electron chi connectivity index (χ1n) is 6.82. The molecule has 0 saturated carbocycles. The largest absolute Gasteiger partial charge is 0.508 e. The van der Waals surface area contributed by atoms with Crippen LogP contribution < -0.4 is 5.32 Å². The molecule has 0 aliphatic heterocycles. The van der Waals surface area contributed by atoms with Gasteiger partial charge in [-0.15, -0.1) is 0 Å². The van der Waals surface area contributed by atoms with E-state index in [1.54, 1.807) is 12.1 Å². The number of phenols is 1. The van der Waals surface area contributed by atoms with E-state index in [1.165, 1.54) is 0 Å². The molecule has 0 spiro atoms. The Bertz CT molecular complexity index is 549. The lowest BCUT2D eigenvalue weighted by Crippen LogP contribution is -2.28. The number of phenolic OH excluding ortho intramolecular Hbond substituents is 1. The van der Waals surface area contributed by atoms with Crippen LogP contribution in [-0.4, -0.2) is 16.4 Å². The first kappa shape index (κ1) is 13.7. The number of rotatable bonds is 5. The summed E-state index contributed by atoms with van der Waals surface area (Å²) < 4.78 is 0. The second-order valence-electron chi connectivity index (χ2n) is 4.88. The number of aliphatic hydroxyl groups is 1. The Morgan fingerprint density at radius 3 is 2.53 bits per heavy atom. The van der Waals surface area contributed by atoms with Crippen LogP contribution in [0.15, 0.2) is 36.4 Å². The van der Waals surface area contributed by atoms with Crippen molar-refractivity contribution in [2.75, 3.05) is 5.32 Å². The van der Waals surface area contributed by atoms with Gasteiger partial charge in [0, 0.05) is 17.0 Å². The van der Waals surface area contributed by atoms with Crippen LogP contribution in [0, 0.1) is 5.92 Å². The molecule has 0 saturated heterocycles. The summed E-state index contributed by atoms with van der Waals surface area (Å²) in [4.78, 5) is 0. The van der Waals surface area contributed by atoms with Crippen LogP contribution in [0.2, 0.25) is 0 Å². The molecular formula is C16H21NO2. The van der Waals surface area contributed by atoms with Crippen LogP contribution in [0.1, 0.15) is 26.7 Å². The summed E-state index contributed by atoms with van der Waals surface area (Å²) in [7, 11) is 0. The summed E-state index contributed by atoms with van der Waals surface area (Å²) in [6.45, 7) is 4.17. The van der Waals surface area contributed by atoms with Crippen molar-refractivity contribution in [2.45, 2.75) is 32.9 Å². The maximum absolute atomic E-state index is 10.2. The molecule has 0 radical (unpaired) electrons. The van der Waals surface area contributed by atoms with Crippen LogP contribution in [0.25, 0.3) is 10.8 Å². The van der Waals surface area contributed by atoms with Gasteiger partial charge in [-0.2, -0.15) is 0 Å². The van der Waals surface area contributed by atoms with Gasteiger partial charge in [0.25, 0.3) is 0 Å². The zero-order valence-corrected chi connectivity index (χ0v) is 11.4.